The molecule has 0 aliphatic carbocycles. The molecule has 0 aliphatic rings. The highest BCUT2D eigenvalue weighted by molar-refractivity contribution is 6.35. The van der Waals surface area contributed by atoms with E-state index >= 15 is 0 Å². The van der Waals surface area contributed by atoms with E-state index in [2.05, 4.69) is 9.53 Å². The van der Waals surface area contributed by atoms with Crippen LogP contribution >= 0.6 is 0 Å². The Kier molecular flexibility index (Phi) is 4.85. The molecule has 0 N–H and O–H groups in total. The molecule has 0 bridgehead atoms. The van der Waals surface area contributed by atoms with Crippen LogP contribution in [0.3, 0.4) is 0 Å². The third kappa shape index (κ3) is 3.70. The monoisotopic (exact) mass is 230 g/mol. The fourth-order valence-corrected chi connectivity index (χ4v) is 1.33. The van der Waals surface area contributed by atoms with Crippen LogP contribution in [0.5, 0.6) is 0 Å². The second kappa shape index (κ2) is 6.40. The lowest BCUT2D eigenvalue weighted by atomic mass is 10.0. The zero-order valence-electron chi connectivity index (χ0n) is 9.83. The molecular weight excluding hydrogens is 216 g/mol. The van der Waals surface area contributed by atoms with Gasteiger partial charge in [0.2, 0.25) is 0 Å². The first-order valence-electron chi connectivity index (χ1n) is 5.22. The molecule has 0 saturated carbocycles. The van der Waals surface area contributed by atoms with Crippen molar-refractivity contribution in [1.82, 2.24) is 0 Å². The minimum Gasteiger partial charge on any atom is -0.460 e. The van der Waals surface area contributed by atoms with Crippen LogP contribution in [0.1, 0.15) is 12.5 Å². The van der Waals surface area contributed by atoms with Crippen LogP contribution in [0.2, 0.25) is 0 Å². The first-order valence-corrected chi connectivity index (χ1v) is 5.22. The Morgan fingerprint density at radius 1 is 1.41 bits per heavy atom. The maximum atomic E-state index is 11.2. The number of allylic oxidation sites excluding steroid dienone is 1. The van der Waals surface area contributed by atoms with E-state index in [0.717, 1.165) is 5.56 Å². The van der Waals surface area contributed by atoms with Crippen molar-refractivity contribution in [3.8, 4) is 0 Å². The van der Waals surface area contributed by atoms with Gasteiger partial charge in [0.25, 0.3) is 0 Å². The summed E-state index contributed by atoms with van der Waals surface area (Å²) >= 11 is 0. The third-order valence-corrected chi connectivity index (χ3v) is 2.31. The lowest BCUT2D eigenvalue weighted by molar-refractivity contribution is -0.138. The Bertz CT molecular complexity index is 460. The summed E-state index contributed by atoms with van der Waals surface area (Å²) in [5, 5.41) is 0. The van der Waals surface area contributed by atoms with Crippen LogP contribution in [0, 0.1) is 5.92 Å². The first kappa shape index (κ1) is 12.9. The van der Waals surface area contributed by atoms with Crippen molar-refractivity contribution in [3.63, 3.8) is 0 Å². The second-order valence-electron chi connectivity index (χ2n) is 3.54. The smallest absolute Gasteiger partial charge is 0.417 e. The number of benzene rings is 1. The first-order chi connectivity index (χ1) is 8.19. The number of hydrogen-bond donors (Lipinski definition) is 0. The van der Waals surface area contributed by atoms with Crippen LogP contribution in [0.25, 0.3) is 11.6 Å². The zero-order chi connectivity index (χ0) is 12.7. The fourth-order valence-electron chi connectivity index (χ4n) is 1.33. The van der Waals surface area contributed by atoms with E-state index in [4.69, 9.17) is 5.53 Å². The van der Waals surface area contributed by atoms with E-state index < -0.39 is 5.97 Å². The van der Waals surface area contributed by atoms with E-state index in [0.29, 0.717) is 0 Å². The maximum absolute atomic E-state index is 11.2. The van der Waals surface area contributed by atoms with Crippen molar-refractivity contribution < 1.29 is 14.3 Å². The predicted molar refractivity (Wildman–Crippen MR) is 65.3 cm³/mol. The average molecular weight is 230 g/mol. The van der Waals surface area contributed by atoms with Crippen molar-refractivity contribution in [2.24, 2.45) is 5.92 Å². The highest BCUT2D eigenvalue weighted by Crippen LogP contribution is 2.07. The summed E-state index contributed by atoms with van der Waals surface area (Å²) in [5.41, 5.74) is 9.75. The van der Waals surface area contributed by atoms with Gasteiger partial charge in [0.15, 0.2) is 0 Å². The van der Waals surface area contributed by atoms with Crippen molar-refractivity contribution in [3.05, 3.63) is 47.5 Å². The van der Waals surface area contributed by atoms with Gasteiger partial charge in [0.05, 0.1) is 13.0 Å². The number of rotatable bonds is 4. The number of carbonyl (C=O) groups excluding carboxylic acids is 1. The highest BCUT2D eigenvalue weighted by atomic mass is 16.5. The Morgan fingerprint density at radius 3 is 2.59 bits per heavy atom. The summed E-state index contributed by atoms with van der Waals surface area (Å²) in [4.78, 5) is 14.2. The predicted octanol–water partition coefficient (Wildman–Crippen LogP) is 2.18. The van der Waals surface area contributed by atoms with E-state index in [1.54, 1.807) is 13.0 Å². The molecule has 1 atom stereocenters. The largest absolute Gasteiger partial charge is 0.460 e. The maximum Gasteiger partial charge on any atom is 0.417 e. The Balaban J connectivity index is 2.78. The van der Waals surface area contributed by atoms with Crippen LogP contribution in [-0.2, 0) is 9.53 Å². The molecule has 4 nitrogen and oxygen atoms in total. The molecule has 1 aromatic rings. The molecule has 1 aromatic carbocycles. The number of methoxy groups -OCH3 is 1. The minimum atomic E-state index is -0.627. The van der Waals surface area contributed by atoms with Crippen molar-refractivity contribution >= 4 is 17.8 Å². The van der Waals surface area contributed by atoms with Gasteiger partial charge < -0.3 is 10.3 Å². The molecular formula is C13H14N2O2. The molecule has 0 heterocycles. The Labute approximate surface area is 100 Å². The zero-order valence-corrected chi connectivity index (χ0v) is 9.83. The summed E-state index contributed by atoms with van der Waals surface area (Å²) in [6.45, 7) is 1.76. The SMILES string of the molecule is COC(=O)C(=[N+]=[N-])C(C)/C=C/c1ccccc1. The summed E-state index contributed by atoms with van der Waals surface area (Å²) in [5.74, 6) is -0.939. The van der Waals surface area contributed by atoms with Crippen LogP contribution in [0.15, 0.2) is 36.4 Å². The van der Waals surface area contributed by atoms with E-state index in [1.165, 1.54) is 7.11 Å². The molecule has 4 heteroatoms. The van der Waals surface area contributed by atoms with Crippen molar-refractivity contribution in [2.75, 3.05) is 7.11 Å². The van der Waals surface area contributed by atoms with Gasteiger partial charge in [-0.2, -0.15) is 4.79 Å². The molecule has 0 aromatic heterocycles. The summed E-state index contributed by atoms with van der Waals surface area (Å²) in [6.07, 6.45) is 3.64. The van der Waals surface area contributed by atoms with Crippen LogP contribution < -0.4 is 0 Å². The molecule has 1 unspecified atom stereocenters. The van der Waals surface area contributed by atoms with Gasteiger partial charge in [-0.15, -0.1) is 0 Å². The number of ether oxygens (including phenoxy) is 1. The number of nitrogens with zero attached hydrogens (tertiary/aromatic N) is 2. The van der Waals surface area contributed by atoms with Gasteiger partial charge in [-0.1, -0.05) is 42.5 Å². The summed E-state index contributed by atoms with van der Waals surface area (Å²) in [6, 6.07) is 9.65. The van der Waals surface area contributed by atoms with Gasteiger partial charge in [-0.25, -0.2) is 4.79 Å². The summed E-state index contributed by atoms with van der Waals surface area (Å²) < 4.78 is 4.51. The van der Waals surface area contributed by atoms with Gasteiger partial charge in [0.1, 0.15) is 0 Å². The van der Waals surface area contributed by atoms with Crippen molar-refractivity contribution in [2.45, 2.75) is 6.92 Å². The normalized spacial score (nSPS) is 11.9. The topological polar surface area (TPSA) is 62.7 Å². The molecule has 0 spiro atoms. The molecule has 1 rings (SSSR count). The molecule has 0 radical (unpaired) electrons. The third-order valence-electron chi connectivity index (χ3n) is 2.31. The fraction of sp³-hybridized carbons (Fsp3) is 0.231. The Morgan fingerprint density at radius 2 is 2.06 bits per heavy atom. The highest BCUT2D eigenvalue weighted by Gasteiger charge is 2.26. The molecule has 0 saturated heterocycles. The Hall–Kier alpha value is -2.19. The number of hydrogen-bond acceptors (Lipinski definition) is 2. The van der Waals surface area contributed by atoms with Gasteiger partial charge in [-0.3, -0.25) is 0 Å². The molecule has 0 amide bonds. The van der Waals surface area contributed by atoms with Gasteiger partial charge in [-0.05, 0) is 12.5 Å². The molecule has 0 aliphatic heterocycles. The quantitative estimate of drug-likeness (QED) is 0.344. The van der Waals surface area contributed by atoms with E-state index in [1.807, 2.05) is 36.4 Å². The van der Waals surface area contributed by atoms with Crippen molar-refractivity contribution in [1.29, 1.82) is 0 Å². The van der Waals surface area contributed by atoms with E-state index in [-0.39, 0.29) is 11.6 Å². The van der Waals surface area contributed by atoms with Crippen LogP contribution in [-0.4, -0.2) is 23.6 Å². The standard InChI is InChI=1S/C13H14N2O2/c1-10(12(15-14)13(16)17-2)8-9-11-6-4-3-5-7-11/h3-10H,1-2H3/b9-8+. The molecule has 88 valence electrons. The molecule has 0 fully saturated rings. The lowest BCUT2D eigenvalue weighted by Gasteiger charge is -1.99. The molecule has 17 heavy (non-hydrogen) atoms. The minimum absolute atomic E-state index is 0.0142. The lowest BCUT2D eigenvalue weighted by Crippen LogP contribution is -2.23. The van der Waals surface area contributed by atoms with Crippen LogP contribution in [0.4, 0.5) is 0 Å². The van der Waals surface area contributed by atoms with E-state index in [9.17, 15) is 4.79 Å². The average Bonchev–Trinajstić information content (AvgIpc) is 2.38. The van der Waals surface area contributed by atoms with Gasteiger partial charge in [0, 0.05) is 0 Å². The van der Waals surface area contributed by atoms with Gasteiger partial charge >= 0.3 is 11.7 Å². The number of carbonyl (C=O) groups is 1. The number of esters is 1. The second-order valence-corrected chi connectivity index (χ2v) is 3.54. The summed E-state index contributed by atoms with van der Waals surface area (Å²) in [7, 11) is 1.25.